The van der Waals surface area contributed by atoms with Crippen molar-refractivity contribution in [3.05, 3.63) is 0 Å². The predicted molar refractivity (Wildman–Crippen MR) is 87.7 cm³/mol. The van der Waals surface area contributed by atoms with Crippen LogP contribution in [0.1, 0.15) is 78.6 Å². The minimum Gasteiger partial charge on any atom is -0.315 e. The highest BCUT2D eigenvalue weighted by Gasteiger charge is 2.23. The Labute approximate surface area is 120 Å². The molecule has 0 spiro atoms. The van der Waals surface area contributed by atoms with Crippen LogP contribution < -0.4 is 5.32 Å². The van der Waals surface area contributed by atoms with Crippen molar-refractivity contribution in [1.82, 2.24) is 5.32 Å². The summed E-state index contributed by atoms with van der Waals surface area (Å²) < 4.78 is 0.473. The van der Waals surface area contributed by atoms with Crippen molar-refractivity contribution in [3.63, 3.8) is 0 Å². The van der Waals surface area contributed by atoms with Crippen molar-refractivity contribution in [2.75, 3.05) is 19.3 Å². The molecule has 0 saturated carbocycles. The van der Waals surface area contributed by atoms with E-state index in [1.54, 1.807) is 0 Å². The van der Waals surface area contributed by atoms with Crippen LogP contribution in [0, 0.1) is 0 Å². The normalized spacial score (nSPS) is 12.0. The molecule has 0 aliphatic heterocycles. The van der Waals surface area contributed by atoms with Gasteiger partial charge in [-0.25, -0.2) is 0 Å². The molecular weight excluding hydrogens is 238 g/mol. The number of nitrogens with one attached hydrogen (secondary N) is 1. The van der Waals surface area contributed by atoms with Crippen LogP contribution in [-0.4, -0.2) is 24.1 Å². The number of rotatable bonds is 13. The Balaban J connectivity index is 3.38. The third-order valence-corrected chi connectivity index (χ3v) is 5.71. The lowest BCUT2D eigenvalue weighted by Gasteiger charge is -2.30. The average molecular weight is 274 g/mol. The monoisotopic (exact) mass is 273 g/mol. The number of thioether (sulfide) groups is 1. The summed E-state index contributed by atoms with van der Waals surface area (Å²) in [5.74, 6) is 0. The molecular formula is C16H35NS. The fourth-order valence-electron chi connectivity index (χ4n) is 2.38. The van der Waals surface area contributed by atoms with Crippen LogP contribution in [0.25, 0.3) is 0 Å². The van der Waals surface area contributed by atoms with Gasteiger partial charge in [-0.05, 0) is 32.1 Å². The highest BCUT2D eigenvalue weighted by molar-refractivity contribution is 8.00. The maximum atomic E-state index is 3.66. The Kier molecular flexibility index (Phi) is 12.6. The quantitative estimate of drug-likeness (QED) is 0.460. The van der Waals surface area contributed by atoms with Crippen molar-refractivity contribution in [2.24, 2.45) is 0 Å². The zero-order chi connectivity index (χ0) is 13.7. The summed E-state index contributed by atoms with van der Waals surface area (Å²) in [6.07, 6.45) is 14.6. The molecule has 0 heterocycles. The first-order chi connectivity index (χ1) is 8.74. The maximum Gasteiger partial charge on any atom is 0.0276 e. The van der Waals surface area contributed by atoms with Gasteiger partial charge in [-0.3, -0.25) is 0 Å². The van der Waals surface area contributed by atoms with Gasteiger partial charge in [-0.2, -0.15) is 11.8 Å². The Morgan fingerprint density at radius 2 is 1.39 bits per heavy atom. The van der Waals surface area contributed by atoms with Crippen molar-refractivity contribution in [3.8, 4) is 0 Å². The van der Waals surface area contributed by atoms with Gasteiger partial charge in [0, 0.05) is 11.3 Å². The minimum absolute atomic E-state index is 0.473. The molecule has 1 nitrogen and oxygen atoms in total. The summed E-state index contributed by atoms with van der Waals surface area (Å²) >= 11 is 2.03. The van der Waals surface area contributed by atoms with Gasteiger partial charge in [0.15, 0.2) is 0 Å². The van der Waals surface area contributed by atoms with E-state index >= 15 is 0 Å². The molecule has 0 aliphatic carbocycles. The maximum absolute atomic E-state index is 3.66. The molecule has 18 heavy (non-hydrogen) atoms. The number of hydrogen-bond donors (Lipinski definition) is 1. The van der Waals surface area contributed by atoms with Crippen LogP contribution >= 0.6 is 11.8 Å². The lowest BCUT2D eigenvalue weighted by atomic mass is 10.0. The summed E-state index contributed by atoms with van der Waals surface area (Å²) in [4.78, 5) is 0. The van der Waals surface area contributed by atoms with Crippen molar-refractivity contribution < 1.29 is 0 Å². The molecule has 0 aliphatic rings. The van der Waals surface area contributed by atoms with E-state index in [2.05, 4.69) is 32.3 Å². The van der Waals surface area contributed by atoms with Gasteiger partial charge in [0.05, 0.1) is 0 Å². The van der Waals surface area contributed by atoms with Crippen LogP contribution in [0.5, 0.6) is 0 Å². The molecule has 0 aromatic heterocycles. The Morgan fingerprint density at radius 1 is 0.833 bits per heavy atom. The minimum atomic E-state index is 0.473. The van der Waals surface area contributed by atoms with Crippen LogP contribution in [0.4, 0.5) is 0 Å². The fraction of sp³-hybridized carbons (Fsp3) is 1.00. The second-order valence-electron chi connectivity index (χ2n) is 5.39. The summed E-state index contributed by atoms with van der Waals surface area (Å²) in [5, 5.41) is 3.66. The molecule has 0 unspecified atom stereocenters. The molecule has 110 valence electrons. The van der Waals surface area contributed by atoms with Gasteiger partial charge in [0.25, 0.3) is 0 Å². The molecule has 0 bridgehead atoms. The third-order valence-electron chi connectivity index (χ3n) is 4.13. The molecule has 0 rings (SSSR count). The lowest BCUT2D eigenvalue weighted by molar-refractivity contribution is 0.482. The van der Waals surface area contributed by atoms with E-state index in [1.165, 1.54) is 70.9 Å². The average Bonchev–Trinajstić information content (AvgIpc) is 2.42. The molecule has 0 saturated heterocycles. The predicted octanol–water partition coefficient (Wildman–Crippen LogP) is 5.25. The molecule has 0 amide bonds. The summed E-state index contributed by atoms with van der Waals surface area (Å²) in [6.45, 7) is 9.29. The SMILES string of the molecule is CCCCCCCCCNCC(CC)(CC)SC. The second-order valence-corrected chi connectivity index (χ2v) is 6.67. The topological polar surface area (TPSA) is 12.0 Å². The standard InChI is InChI=1S/C16H35NS/c1-5-8-9-10-11-12-13-14-17-15-16(6-2,7-3)18-4/h17H,5-15H2,1-4H3. The van der Waals surface area contributed by atoms with Gasteiger partial charge < -0.3 is 5.32 Å². The van der Waals surface area contributed by atoms with E-state index in [0.29, 0.717) is 4.75 Å². The summed E-state index contributed by atoms with van der Waals surface area (Å²) in [6, 6.07) is 0. The fourth-order valence-corrected chi connectivity index (χ4v) is 3.21. The van der Waals surface area contributed by atoms with E-state index in [-0.39, 0.29) is 0 Å². The molecule has 0 atom stereocenters. The Hall–Kier alpha value is 0.310. The van der Waals surface area contributed by atoms with E-state index in [0.717, 1.165) is 0 Å². The van der Waals surface area contributed by atoms with E-state index in [1.807, 2.05) is 11.8 Å². The van der Waals surface area contributed by atoms with E-state index in [9.17, 15) is 0 Å². The number of unbranched alkanes of at least 4 members (excludes halogenated alkanes) is 6. The van der Waals surface area contributed by atoms with Gasteiger partial charge in [0.2, 0.25) is 0 Å². The van der Waals surface area contributed by atoms with Gasteiger partial charge in [0.1, 0.15) is 0 Å². The van der Waals surface area contributed by atoms with Crippen molar-refractivity contribution in [1.29, 1.82) is 0 Å². The van der Waals surface area contributed by atoms with E-state index in [4.69, 9.17) is 0 Å². The van der Waals surface area contributed by atoms with Crippen molar-refractivity contribution in [2.45, 2.75) is 83.3 Å². The first-order valence-electron chi connectivity index (χ1n) is 8.00. The summed E-state index contributed by atoms with van der Waals surface area (Å²) in [7, 11) is 0. The van der Waals surface area contributed by atoms with Gasteiger partial charge in [-0.1, -0.05) is 59.3 Å². The van der Waals surface area contributed by atoms with Gasteiger partial charge >= 0.3 is 0 Å². The smallest absolute Gasteiger partial charge is 0.0276 e. The first-order valence-corrected chi connectivity index (χ1v) is 9.23. The molecule has 0 aromatic carbocycles. The van der Waals surface area contributed by atoms with Gasteiger partial charge in [-0.15, -0.1) is 0 Å². The molecule has 0 aromatic rings. The second kappa shape index (κ2) is 12.3. The highest BCUT2D eigenvalue weighted by atomic mass is 32.2. The number of hydrogen-bond acceptors (Lipinski definition) is 2. The van der Waals surface area contributed by atoms with Crippen LogP contribution in [-0.2, 0) is 0 Å². The Bertz CT molecular complexity index is 158. The molecule has 0 fully saturated rings. The van der Waals surface area contributed by atoms with Crippen LogP contribution in [0.15, 0.2) is 0 Å². The summed E-state index contributed by atoms with van der Waals surface area (Å²) in [5.41, 5.74) is 0. The van der Waals surface area contributed by atoms with Crippen LogP contribution in [0.3, 0.4) is 0 Å². The molecule has 0 radical (unpaired) electrons. The molecule has 1 N–H and O–H groups in total. The largest absolute Gasteiger partial charge is 0.315 e. The lowest BCUT2D eigenvalue weighted by Crippen LogP contribution is -2.37. The zero-order valence-corrected chi connectivity index (χ0v) is 14.0. The molecule has 2 heteroatoms. The Morgan fingerprint density at radius 3 is 1.89 bits per heavy atom. The van der Waals surface area contributed by atoms with Crippen LogP contribution in [0.2, 0.25) is 0 Å². The van der Waals surface area contributed by atoms with E-state index < -0.39 is 0 Å². The third kappa shape index (κ3) is 8.42. The highest BCUT2D eigenvalue weighted by Crippen LogP contribution is 2.29. The first kappa shape index (κ1) is 18.3. The zero-order valence-electron chi connectivity index (χ0n) is 13.2. The van der Waals surface area contributed by atoms with Crippen molar-refractivity contribution >= 4 is 11.8 Å².